The lowest BCUT2D eigenvalue weighted by molar-refractivity contribution is 0.0902. The number of phenols is 1. The molecule has 0 amide bonds. The molecular weight excluding hydrogens is 226 g/mol. The quantitative estimate of drug-likeness (QED) is 0.771. The second kappa shape index (κ2) is 5.72. The minimum Gasteiger partial charge on any atom is -0.507 e. The number of aromatic hydroxyl groups is 1. The van der Waals surface area contributed by atoms with Gasteiger partial charge in [0, 0.05) is 12.6 Å². The van der Waals surface area contributed by atoms with Crippen LogP contribution in [0.2, 0.25) is 0 Å². The number of phenolic OH excluding ortho intramolecular Hbond substituents is 1. The topological polar surface area (TPSA) is 52.5 Å². The molecule has 0 heterocycles. The summed E-state index contributed by atoms with van der Waals surface area (Å²) in [4.78, 5) is 0. The molecule has 3 nitrogen and oxygen atoms in total. The molecule has 1 saturated carbocycles. The summed E-state index contributed by atoms with van der Waals surface area (Å²) in [5.41, 5.74) is 2.99. The standard InChI is InChI=1S/C15H23NO2/c1-10-7-12(8-11(2)15(10)18)9-16-13-5-3-4-6-14(13)17/h7-8,13-14,16-18H,3-6,9H2,1-2H3. The molecule has 0 spiro atoms. The van der Waals surface area contributed by atoms with Crippen molar-refractivity contribution in [3.63, 3.8) is 0 Å². The molecule has 0 saturated heterocycles. The average molecular weight is 249 g/mol. The van der Waals surface area contributed by atoms with Crippen molar-refractivity contribution >= 4 is 0 Å². The summed E-state index contributed by atoms with van der Waals surface area (Å²) in [6.07, 6.45) is 4.08. The van der Waals surface area contributed by atoms with Crippen LogP contribution in [0.3, 0.4) is 0 Å². The summed E-state index contributed by atoms with van der Waals surface area (Å²) < 4.78 is 0. The number of aryl methyl sites for hydroxylation is 2. The van der Waals surface area contributed by atoms with E-state index in [1.165, 1.54) is 12.0 Å². The van der Waals surface area contributed by atoms with Crippen molar-refractivity contribution in [2.24, 2.45) is 0 Å². The first-order valence-corrected chi connectivity index (χ1v) is 6.78. The SMILES string of the molecule is Cc1cc(CNC2CCCCC2O)cc(C)c1O. The monoisotopic (exact) mass is 249 g/mol. The van der Waals surface area contributed by atoms with Gasteiger partial charge in [-0.25, -0.2) is 0 Å². The largest absolute Gasteiger partial charge is 0.507 e. The molecule has 0 aliphatic heterocycles. The average Bonchev–Trinajstić information content (AvgIpc) is 2.35. The molecule has 1 aromatic carbocycles. The summed E-state index contributed by atoms with van der Waals surface area (Å²) in [5.74, 6) is 0.386. The van der Waals surface area contributed by atoms with Gasteiger partial charge in [-0.2, -0.15) is 0 Å². The van der Waals surface area contributed by atoms with Crippen molar-refractivity contribution in [2.75, 3.05) is 0 Å². The minimum absolute atomic E-state index is 0.210. The first-order valence-electron chi connectivity index (χ1n) is 6.78. The lowest BCUT2D eigenvalue weighted by Crippen LogP contribution is -2.41. The highest BCUT2D eigenvalue weighted by Gasteiger charge is 2.22. The van der Waals surface area contributed by atoms with Crippen molar-refractivity contribution < 1.29 is 10.2 Å². The van der Waals surface area contributed by atoms with E-state index in [9.17, 15) is 10.2 Å². The molecule has 1 aliphatic carbocycles. The zero-order valence-corrected chi connectivity index (χ0v) is 11.2. The number of nitrogens with one attached hydrogen (secondary N) is 1. The predicted octanol–water partition coefficient (Wildman–Crippen LogP) is 2.40. The second-order valence-electron chi connectivity index (χ2n) is 5.42. The smallest absolute Gasteiger partial charge is 0.121 e. The van der Waals surface area contributed by atoms with Crippen molar-refractivity contribution in [1.82, 2.24) is 5.32 Å². The first-order chi connectivity index (χ1) is 8.58. The van der Waals surface area contributed by atoms with Gasteiger partial charge in [0.1, 0.15) is 5.75 Å². The second-order valence-corrected chi connectivity index (χ2v) is 5.42. The van der Waals surface area contributed by atoms with Gasteiger partial charge < -0.3 is 15.5 Å². The van der Waals surface area contributed by atoms with Crippen LogP contribution in [0.1, 0.15) is 42.4 Å². The van der Waals surface area contributed by atoms with Gasteiger partial charge in [-0.1, -0.05) is 25.0 Å². The molecule has 2 atom stereocenters. The van der Waals surface area contributed by atoms with E-state index in [4.69, 9.17) is 0 Å². The van der Waals surface area contributed by atoms with E-state index in [0.29, 0.717) is 5.75 Å². The number of hydrogen-bond donors (Lipinski definition) is 3. The molecule has 1 aliphatic rings. The first kappa shape index (κ1) is 13.4. The van der Waals surface area contributed by atoms with Crippen LogP contribution in [0.15, 0.2) is 12.1 Å². The molecule has 3 heteroatoms. The zero-order chi connectivity index (χ0) is 13.1. The summed E-state index contributed by atoms with van der Waals surface area (Å²) >= 11 is 0. The fourth-order valence-electron chi connectivity index (χ4n) is 2.75. The van der Waals surface area contributed by atoms with Crippen molar-refractivity contribution in [3.8, 4) is 5.75 Å². The van der Waals surface area contributed by atoms with Crippen LogP contribution in [-0.2, 0) is 6.54 Å². The number of aliphatic hydroxyl groups is 1. The Kier molecular flexibility index (Phi) is 4.25. The molecule has 1 fully saturated rings. The van der Waals surface area contributed by atoms with Crippen molar-refractivity contribution in [2.45, 2.75) is 58.2 Å². The molecule has 0 aromatic heterocycles. The van der Waals surface area contributed by atoms with Crippen LogP contribution in [0.25, 0.3) is 0 Å². The molecule has 3 N–H and O–H groups in total. The molecule has 100 valence electrons. The third-order valence-corrected chi connectivity index (χ3v) is 3.85. The normalized spacial score (nSPS) is 24.2. The fraction of sp³-hybridized carbons (Fsp3) is 0.600. The van der Waals surface area contributed by atoms with E-state index in [2.05, 4.69) is 5.32 Å². The third kappa shape index (κ3) is 3.03. The maximum Gasteiger partial charge on any atom is 0.121 e. The maximum atomic E-state index is 9.90. The van der Waals surface area contributed by atoms with Crippen LogP contribution < -0.4 is 5.32 Å². The van der Waals surface area contributed by atoms with Gasteiger partial charge in [0.25, 0.3) is 0 Å². The maximum absolute atomic E-state index is 9.90. The molecule has 1 aromatic rings. The van der Waals surface area contributed by atoms with Crippen LogP contribution in [-0.4, -0.2) is 22.4 Å². The Morgan fingerprint density at radius 2 is 1.78 bits per heavy atom. The minimum atomic E-state index is -0.210. The number of aliphatic hydroxyl groups excluding tert-OH is 1. The van der Waals surface area contributed by atoms with Crippen LogP contribution in [0.5, 0.6) is 5.75 Å². The molecular formula is C15H23NO2. The number of benzene rings is 1. The summed E-state index contributed by atoms with van der Waals surface area (Å²) in [6.45, 7) is 4.59. The number of rotatable bonds is 3. The van der Waals surface area contributed by atoms with Crippen LogP contribution >= 0.6 is 0 Å². The predicted molar refractivity (Wildman–Crippen MR) is 72.7 cm³/mol. The van der Waals surface area contributed by atoms with Gasteiger partial charge in [0.2, 0.25) is 0 Å². The van der Waals surface area contributed by atoms with Crippen LogP contribution in [0, 0.1) is 13.8 Å². The highest BCUT2D eigenvalue weighted by atomic mass is 16.3. The van der Waals surface area contributed by atoms with E-state index in [0.717, 1.165) is 36.9 Å². The highest BCUT2D eigenvalue weighted by Crippen LogP contribution is 2.23. The van der Waals surface area contributed by atoms with Crippen LogP contribution in [0.4, 0.5) is 0 Å². The van der Waals surface area contributed by atoms with E-state index < -0.39 is 0 Å². The van der Waals surface area contributed by atoms with E-state index in [1.807, 2.05) is 26.0 Å². The molecule has 2 rings (SSSR count). The Bertz CT molecular complexity index is 394. The van der Waals surface area contributed by atoms with Gasteiger partial charge in [-0.3, -0.25) is 0 Å². The lowest BCUT2D eigenvalue weighted by Gasteiger charge is -2.28. The Hall–Kier alpha value is -1.06. The summed E-state index contributed by atoms with van der Waals surface area (Å²) in [6, 6.07) is 4.22. The summed E-state index contributed by atoms with van der Waals surface area (Å²) in [7, 11) is 0. The Labute approximate surface area is 109 Å². The van der Waals surface area contributed by atoms with E-state index in [1.54, 1.807) is 0 Å². The van der Waals surface area contributed by atoms with Gasteiger partial charge in [-0.05, 0) is 43.4 Å². The van der Waals surface area contributed by atoms with Gasteiger partial charge in [0.05, 0.1) is 6.10 Å². The molecule has 2 unspecified atom stereocenters. The number of hydrogen-bond acceptors (Lipinski definition) is 3. The zero-order valence-electron chi connectivity index (χ0n) is 11.2. The fourth-order valence-corrected chi connectivity index (χ4v) is 2.75. The molecule has 0 bridgehead atoms. The van der Waals surface area contributed by atoms with Crippen molar-refractivity contribution in [1.29, 1.82) is 0 Å². The van der Waals surface area contributed by atoms with E-state index >= 15 is 0 Å². The van der Waals surface area contributed by atoms with Gasteiger partial charge in [0.15, 0.2) is 0 Å². The van der Waals surface area contributed by atoms with Crippen molar-refractivity contribution in [3.05, 3.63) is 28.8 Å². The Balaban J connectivity index is 1.97. The lowest BCUT2D eigenvalue weighted by atomic mass is 9.92. The Morgan fingerprint density at radius 1 is 1.17 bits per heavy atom. The van der Waals surface area contributed by atoms with Gasteiger partial charge in [-0.15, -0.1) is 0 Å². The highest BCUT2D eigenvalue weighted by molar-refractivity contribution is 5.42. The summed E-state index contributed by atoms with van der Waals surface area (Å²) in [5, 5.41) is 23.1. The molecule has 18 heavy (non-hydrogen) atoms. The van der Waals surface area contributed by atoms with E-state index in [-0.39, 0.29) is 12.1 Å². The molecule has 0 radical (unpaired) electrons. The van der Waals surface area contributed by atoms with Gasteiger partial charge >= 0.3 is 0 Å². The Morgan fingerprint density at radius 3 is 2.39 bits per heavy atom. The third-order valence-electron chi connectivity index (χ3n) is 3.85.